The van der Waals surface area contributed by atoms with Gasteiger partial charge in [-0.1, -0.05) is 19.0 Å². The van der Waals surface area contributed by atoms with Gasteiger partial charge >= 0.3 is 34.1 Å². The van der Waals surface area contributed by atoms with Crippen molar-refractivity contribution in [2.24, 2.45) is 5.16 Å². The summed E-state index contributed by atoms with van der Waals surface area (Å²) >= 11 is 2.40. The summed E-state index contributed by atoms with van der Waals surface area (Å²) in [6.45, 7) is 8.67. The van der Waals surface area contributed by atoms with E-state index < -0.39 is 53.0 Å². The van der Waals surface area contributed by atoms with Crippen LogP contribution >= 0.6 is 23.1 Å². The maximum absolute atomic E-state index is 13.4. The first-order valence-electron chi connectivity index (χ1n) is 12.7. The Bertz CT molecular complexity index is 1280. The molecule has 2 aliphatic heterocycles. The van der Waals surface area contributed by atoms with Crippen LogP contribution in [0.5, 0.6) is 0 Å². The number of thiazole rings is 1. The molecule has 0 saturated carbocycles. The van der Waals surface area contributed by atoms with E-state index in [-0.39, 0.29) is 28.7 Å². The Morgan fingerprint density at radius 3 is 2.51 bits per heavy atom. The van der Waals surface area contributed by atoms with E-state index in [4.69, 9.17) is 18.9 Å². The molecule has 1 fully saturated rings. The van der Waals surface area contributed by atoms with Gasteiger partial charge in [0, 0.05) is 11.1 Å². The minimum atomic E-state index is -1.10. The van der Waals surface area contributed by atoms with Crippen molar-refractivity contribution in [3.05, 3.63) is 22.3 Å². The molecule has 3 amide bonds. The summed E-state index contributed by atoms with van der Waals surface area (Å²) in [6, 6.07) is -0.976. The Labute approximate surface area is 246 Å². The number of aromatic nitrogens is 1. The number of carbonyl (C=O) groups is 5. The lowest BCUT2D eigenvalue weighted by Crippen LogP contribution is -2.71. The van der Waals surface area contributed by atoms with Crippen molar-refractivity contribution in [3.8, 4) is 0 Å². The lowest BCUT2D eigenvalue weighted by atomic mass is 10.0. The Morgan fingerprint density at radius 1 is 1.22 bits per heavy atom. The lowest BCUT2D eigenvalue weighted by Gasteiger charge is -2.49. The maximum Gasteiger partial charge on any atom is 0.413 e. The van der Waals surface area contributed by atoms with Crippen molar-refractivity contribution >= 4 is 79.9 Å². The van der Waals surface area contributed by atoms with Gasteiger partial charge < -0.3 is 24.2 Å². The smallest absolute Gasteiger partial charge is 0.413 e. The number of rotatable bonds is 10. The first kappa shape index (κ1) is 32.0. The topological polar surface area (TPSA) is 175 Å². The van der Waals surface area contributed by atoms with Crippen molar-refractivity contribution in [3.63, 3.8) is 0 Å². The molecule has 0 spiro atoms. The Hall–Kier alpha value is -3.53. The highest BCUT2D eigenvalue weighted by atomic mass is 32.2. The Balaban J connectivity index is 1.85. The molecule has 0 aromatic carbocycles. The first-order valence-corrected chi connectivity index (χ1v) is 14.6. The number of hydrogen-bond donors (Lipinski definition) is 2. The van der Waals surface area contributed by atoms with Crippen LogP contribution in [0.3, 0.4) is 0 Å². The Kier molecular flexibility index (Phi) is 10.5. The van der Waals surface area contributed by atoms with Crippen molar-refractivity contribution in [2.75, 3.05) is 11.1 Å². The van der Waals surface area contributed by atoms with Gasteiger partial charge in [0.05, 0.1) is 0 Å². The van der Waals surface area contributed by atoms with E-state index in [0.717, 1.165) is 16.9 Å². The fraction of sp³-hybridized carbons (Fsp3) is 0.522. The second-order valence-corrected chi connectivity index (χ2v) is 11.8. The highest BCUT2D eigenvalue weighted by molar-refractivity contribution is 8.00. The minimum absolute atomic E-state index is 0.0154. The van der Waals surface area contributed by atoms with E-state index in [1.165, 1.54) is 38.1 Å². The molecule has 41 heavy (non-hydrogen) atoms. The van der Waals surface area contributed by atoms with E-state index in [9.17, 15) is 24.0 Å². The molecule has 3 heterocycles. The predicted molar refractivity (Wildman–Crippen MR) is 155 cm³/mol. The summed E-state index contributed by atoms with van der Waals surface area (Å²) in [5.41, 5.74) is -0.109. The molecule has 0 bridgehead atoms. The number of amides is 3. The summed E-state index contributed by atoms with van der Waals surface area (Å²) in [7, 11) is 2.43. The highest BCUT2D eigenvalue weighted by Crippen LogP contribution is 2.41. The molecular formula is C23H31B2N5O9S2. The van der Waals surface area contributed by atoms with Crippen LogP contribution in [0.25, 0.3) is 0 Å². The monoisotopic (exact) mass is 607 g/mol. The van der Waals surface area contributed by atoms with Crippen molar-refractivity contribution < 1.29 is 42.9 Å². The van der Waals surface area contributed by atoms with Gasteiger partial charge in [0.15, 0.2) is 10.8 Å². The molecule has 2 aliphatic rings. The van der Waals surface area contributed by atoms with Crippen LogP contribution in [0.1, 0.15) is 53.2 Å². The number of fused-ring (bicyclic) bond motifs is 1. The maximum atomic E-state index is 13.4. The van der Waals surface area contributed by atoms with E-state index in [2.05, 4.69) is 20.8 Å². The molecule has 18 heteroatoms. The number of ether oxygens (including phenoxy) is 1. The van der Waals surface area contributed by atoms with Gasteiger partial charge in [-0.05, 0) is 39.2 Å². The molecule has 1 aromatic heterocycles. The second-order valence-electron chi connectivity index (χ2n) is 9.79. The summed E-state index contributed by atoms with van der Waals surface area (Å²) in [6.07, 6.45) is -1.09. The molecule has 220 valence electrons. The van der Waals surface area contributed by atoms with Gasteiger partial charge in [0.1, 0.15) is 28.4 Å². The fourth-order valence-electron chi connectivity index (χ4n) is 3.82. The van der Waals surface area contributed by atoms with E-state index in [1.54, 1.807) is 27.7 Å². The molecule has 3 atom stereocenters. The highest BCUT2D eigenvalue weighted by Gasteiger charge is 2.54. The zero-order valence-electron chi connectivity index (χ0n) is 23.8. The normalized spacial score (nSPS) is 19.4. The third-order valence-corrected chi connectivity index (χ3v) is 7.91. The minimum Gasteiger partial charge on any atom is -0.541 e. The lowest BCUT2D eigenvalue weighted by molar-refractivity contribution is -0.149. The van der Waals surface area contributed by atoms with Gasteiger partial charge in [0.25, 0.3) is 11.8 Å². The molecular weight excluding hydrogens is 576 g/mol. The number of carbonyl (C=O) groups excluding carboxylic acids is 5. The molecule has 0 unspecified atom stereocenters. The predicted octanol–water partition coefficient (Wildman–Crippen LogP) is 0.236. The largest absolute Gasteiger partial charge is 0.541 e. The number of anilines is 1. The molecule has 0 radical (unpaired) electrons. The SMILES string of the molecule is BOC(=O)C1=C(CC)CS[C@@H]2[C@H](NC(=O)/C(=N\O[C@@H](CC)C(=O)OB)c3csc(NC(=O)OC(C)(C)C)n3)C(=O)N12. The van der Waals surface area contributed by atoms with Crippen molar-refractivity contribution in [1.82, 2.24) is 15.2 Å². The first-order chi connectivity index (χ1) is 19.3. The van der Waals surface area contributed by atoms with Crippen LogP contribution in [0, 0.1) is 0 Å². The Morgan fingerprint density at radius 2 is 1.93 bits per heavy atom. The van der Waals surface area contributed by atoms with Crippen molar-refractivity contribution in [1.29, 1.82) is 0 Å². The number of nitrogens with one attached hydrogen (secondary N) is 2. The van der Waals surface area contributed by atoms with Crippen LogP contribution < -0.4 is 10.6 Å². The summed E-state index contributed by atoms with van der Waals surface area (Å²) in [4.78, 5) is 74.1. The summed E-state index contributed by atoms with van der Waals surface area (Å²) in [5, 5.41) is 10.0. The standard InChI is InChI=1S/C23H31B2N5O9S2/c1-6-10-8-40-18-14(17(32)30(18)15(10)20(34)38-25)27-16(31)13(29-39-12(7-2)19(33)37-24)11-9-41-21(26-11)28-22(35)36-23(3,4)5/h9,12,14,18H,6-8,24-25H2,1-5H3,(H,27,31)(H,26,28,35)/b29-13-/t12-,14+,18+/m0/s1. The van der Waals surface area contributed by atoms with Crippen LogP contribution in [0.15, 0.2) is 21.8 Å². The molecule has 1 saturated heterocycles. The quantitative estimate of drug-likeness (QED) is 0.161. The van der Waals surface area contributed by atoms with E-state index >= 15 is 0 Å². The molecule has 2 N–H and O–H groups in total. The third kappa shape index (κ3) is 7.41. The molecule has 1 aromatic rings. The number of hydrogen-bond acceptors (Lipinski definition) is 13. The van der Waals surface area contributed by atoms with Gasteiger partial charge in [-0.25, -0.2) is 19.4 Å². The van der Waals surface area contributed by atoms with Gasteiger partial charge in [-0.2, -0.15) is 0 Å². The zero-order chi connectivity index (χ0) is 30.5. The van der Waals surface area contributed by atoms with Crippen LogP contribution in [0.2, 0.25) is 0 Å². The van der Waals surface area contributed by atoms with Crippen LogP contribution in [0.4, 0.5) is 9.93 Å². The molecule has 0 aliphatic carbocycles. The van der Waals surface area contributed by atoms with Crippen molar-refractivity contribution in [2.45, 2.75) is 70.6 Å². The van der Waals surface area contributed by atoms with E-state index in [0.29, 0.717) is 12.2 Å². The average Bonchev–Trinajstić information content (AvgIpc) is 3.38. The summed E-state index contributed by atoms with van der Waals surface area (Å²) < 4.78 is 14.8. The second kappa shape index (κ2) is 13.4. The fourth-order valence-corrected chi connectivity index (χ4v) is 5.94. The zero-order valence-corrected chi connectivity index (χ0v) is 25.4. The summed E-state index contributed by atoms with van der Waals surface area (Å²) in [5.74, 6) is -2.15. The van der Waals surface area contributed by atoms with Gasteiger partial charge in [-0.3, -0.25) is 19.8 Å². The molecule has 14 nitrogen and oxygen atoms in total. The van der Waals surface area contributed by atoms with Gasteiger partial charge in [-0.15, -0.1) is 23.1 Å². The van der Waals surface area contributed by atoms with Crippen LogP contribution in [-0.4, -0.2) is 90.4 Å². The third-order valence-electron chi connectivity index (χ3n) is 5.82. The van der Waals surface area contributed by atoms with E-state index in [1.807, 2.05) is 6.92 Å². The average molecular weight is 607 g/mol. The molecule has 3 rings (SSSR count). The number of thioether (sulfide) groups is 1. The van der Waals surface area contributed by atoms with Gasteiger partial charge in [0.2, 0.25) is 6.10 Å². The number of oxime groups is 1. The number of nitrogens with zero attached hydrogens (tertiary/aromatic N) is 3. The number of β-lactam (4-membered cyclic amide) rings is 1. The van der Waals surface area contributed by atoms with Crippen LogP contribution in [-0.2, 0) is 38.1 Å².